The molecule has 45 heteroatoms. The molecular formula is C42H75N3O40P2. The highest BCUT2D eigenvalue weighted by molar-refractivity contribution is 7.46. The first kappa shape index (κ1) is 74.0. The molecule has 6 fully saturated rings. The molecule has 0 bridgehead atoms. The Labute approximate surface area is 489 Å². The highest BCUT2D eigenvalue weighted by atomic mass is 31.2. The molecule has 2 amide bonds. The molecule has 6 saturated heterocycles. The minimum absolute atomic E-state index is 0.197. The van der Waals surface area contributed by atoms with Gasteiger partial charge in [0, 0.05) is 6.42 Å². The van der Waals surface area contributed by atoms with E-state index >= 15 is 0 Å². The number of rotatable bonds is 27. The molecule has 0 radical (unpaired) electrons. The van der Waals surface area contributed by atoms with Crippen LogP contribution in [0.3, 0.4) is 0 Å². The number of hydrogen-bond donors (Lipinski definition) is 24. The van der Waals surface area contributed by atoms with Crippen LogP contribution in [0.25, 0.3) is 0 Å². The normalized spacial score (nSPS) is 44.1. The minimum atomic E-state index is -5.25. The van der Waals surface area contributed by atoms with Crippen LogP contribution in [-0.2, 0) is 89.4 Å². The third-order valence-corrected chi connectivity index (χ3v) is 15.2. The number of hydrogen-bond acceptors (Lipinski definition) is 37. The van der Waals surface area contributed by atoms with Crippen molar-refractivity contribution in [3.63, 3.8) is 0 Å². The van der Waals surface area contributed by atoms with E-state index in [1.807, 2.05) is 5.43 Å². The zero-order chi connectivity index (χ0) is 64.6. The van der Waals surface area contributed by atoms with Gasteiger partial charge in [-0.3, -0.25) is 34.3 Å². The van der Waals surface area contributed by atoms with Crippen molar-refractivity contribution in [3.8, 4) is 0 Å². The largest absolute Gasteiger partial charge is 0.469 e. The Hall–Kier alpha value is -2.08. The zero-order valence-corrected chi connectivity index (χ0v) is 46.8. The maximum atomic E-state index is 12.4. The fourth-order valence-electron chi connectivity index (χ4n) is 9.44. The van der Waals surface area contributed by atoms with Crippen LogP contribution in [0.1, 0.15) is 12.8 Å². The van der Waals surface area contributed by atoms with Crippen LogP contribution in [0.2, 0.25) is 0 Å². The summed E-state index contributed by atoms with van der Waals surface area (Å²) in [6.45, 7) is -7.36. The first-order chi connectivity index (χ1) is 40.8. The summed E-state index contributed by atoms with van der Waals surface area (Å²) < 4.78 is 99.4. The average Bonchev–Trinajstić information content (AvgIpc) is 1.28. The van der Waals surface area contributed by atoms with E-state index in [9.17, 15) is 115 Å². The second-order valence-electron chi connectivity index (χ2n) is 20.4. The van der Waals surface area contributed by atoms with Gasteiger partial charge in [-0.05, 0) is 6.42 Å². The molecule has 0 spiro atoms. The molecule has 43 nitrogen and oxygen atoms in total. The molecule has 6 rings (SSSR count). The summed E-state index contributed by atoms with van der Waals surface area (Å²) in [5.41, 5.74) is 4.06. The lowest BCUT2D eigenvalue weighted by molar-refractivity contribution is -0.391. The summed E-state index contributed by atoms with van der Waals surface area (Å²) in [5.74, 6) is 3.21. The van der Waals surface area contributed by atoms with E-state index in [2.05, 4.69) is 19.3 Å². The number of hydrazine groups is 1. The Bertz CT molecular complexity index is 2230. The quantitative estimate of drug-likeness (QED) is 0.0206. The zero-order valence-electron chi connectivity index (χ0n) is 45.0. The van der Waals surface area contributed by atoms with Crippen LogP contribution in [0.4, 0.5) is 0 Å². The standard InChI is InChI=1S/C42H75N3O40P2/c43-74-10-18(49)45-44-17(48)2-1-3-71-38-33(64)34(83-42-36(29(60)20(51)12(5-47)78-42)85-40-32(63)27(58)23(54)16(82-40)9-76-87(68,69)70)24(55)14(80-38)7-72-37-30(61)25(56)21(52)13(79-37)6-73-41-35(28(59)19(50)11(4-46)77-41)84-39-31(62)26(57)22(53)15(81-39)8-75-86(65,66)67/h11-16,19-42,46-47,50-64H,1-10,43H2,(H,44,48)(H,45,49)(H2,65,66,67)(H2,68,69,70)/t11?,12?,13?,14?,15?,16?,19-,20-,21-,22-,23-,24-,25+,26+,27+,28+,29+,30?,31?,32?,33?,34+,35?,36?,37+,38+,39-,40-,41+,42-/m1/s1. The van der Waals surface area contributed by atoms with Crippen LogP contribution in [0.15, 0.2) is 0 Å². The Kier molecular flexibility index (Phi) is 27.8. The summed E-state index contributed by atoms with van der Waals surface area (Å²) in [6, 6.07) is 0. The van der Waals surface area contributed by atoms with Gasteiger partial charge in [0.1, 0.15) is 153 Å². The number of amides is 2. The topological polar surface area (TPSA) is 682 Å². The van der Waals surface area contributed by atoms with E-state index in [4.69, 9.17) is 72.5 Å². The van der Waals surface area contributed by atoms with Gasteiger partial charge in [0.05, 0.1) is 46.2 Å². The molecule has 6 heterocycles. The minimum Gasteiger partial charge on any atom is -0.394 e. The van der Waals surface area contributed by atoms with Gasteiger partial charge in [-0.1, -0.05) is 0 Å². The first-order valence-electron chi connectivity index (χ1n) is 26.3. The number of carbonyl (C=O) groups is 2. The molecule has 25 N–H and O–H groups in total. The first-order valence-corrected chi connectivity index (χ1v) is 29.3. The van der Waals surface area contributed by atoms with Crippen molar-refractivity contribution >= 4 is 27.5 Å². The number of carbonyl (C=O) groups excluding carboxylic acids is 2. The number of nitrogens with one attached hydrogen (secondary N) is 2. The van der Waals surface area contributed by atoms with Crippen molar-refractivity contribution in [1.82, 2.24) is 10.9 Å². The lowest BCUT2D eigenvalue weighted by Gasteiger charge is -2.48. The lowest BCUT2D eigenvalue weighted by Crippen LogP contribution is -2.67. The molecule has 12 unspecified atom stereocenters. The van der Waals surface area contributed by atoms with Crippen molar-refractivity contribution in [1.29, 1.82) is 0 Å². The Morgan fingerprint density at radius 2 is 0.747 bits per heavy atom. The monoisotopic (exact) mass is 1320 g/mol. The second kappa shape index (κ2) is 32.7. The number of phosphoric acid groups is 2. The van der Waals surface area contributed by atoms with Gasteiger partial charge in [-0.25, -0.2) is 15.0 Å². The van der Waals surface area contributed by atoms with Crippen LogP contribution >= 0.6 is 15.6 Å². The van der Waals surface area contributed by atoms with Gasteiger partial charge in [0.25, 0.3) is 5.91 Å². The van der Waals surface area contributed by atoms with Gasteiger partial charge in [-0.2, -0.15) is 0 Å². The predicted octanol–water partition coefficient (Wildman–Crippen LogP) is -15.0. The molecule has 0 saturated carbocycles. The smallest absolute Gasteiger partial charge is 0.394 e. The van der Waals surface area contributed by atoms with Crippen molar-refractivity contribution in [3.05, 3.63) is 0 Å². The molecule has 0 aromatic carbocycles. The Morgan fingerprint density at radius 3 is 1.21 bits per heavy atom. The number of nitrogens with two attached hydrogens (primary N) is 1. The highest BCUT2D eigenvalue weighted by Gasteiger charge is 2.57. The Balaban J connectivity index is 1.20. The third kappa shape index (κ3) is 19.3. The predicted molar refractivity (Wildman–Crippen MR) is 260 cm³/mol. The Morgan fingerprint density at radius 1 is 0.391 bits per heavy atom. The third-order valence-electron chi connectivity index (χ3n) is 14.2. The van der Waals surface area contributed by atoms with Crippen molar-refractivity contribution in [2.45, 2.75) is 197 Å². The lowest BCUT2D eigenvalue weighted by atomic mass is 9.96. The molecule has 6 aliphatic rings. The summed E-state index contributed by atoms with van der Waals surface area (Å²) >= 11 is 0. The van der Waals surface area contributed by atoms with E-state index < -0.39 is 265 Å². The number of aliphatic hydroxyl groups is 17. The number of phosphoric ester groups is 2. The molecule has 0 aromatic heterocycles. The van der Waals surface area contributed by atoms with Crippen LogP contribution in [0.5, 0.6) is 0 Å². The van der Waals surface area contributed by atoms with Crippen LogP contribution in [-0.4, -0.2) is 355 Å². The molecule has 0 aromatic rings. The van der Waals surface area contributed by atoms with Crippen LogP contribution in [0, 0.1) is 0 Å². The molecule has 30 atom stereocenters. The average molecular weight is 1320 g/mol. The second-order valence-corrected chi connectivity index (χ2v) is 22.9. The van der Waals surface area contributed by atoms with E-state index in [1.165, 1.54) is 0 Å². The molecular weight excluding hydrogens is 1250 g/mol. The fraction of sp³-hybridized carbons (Fsp3) is 0.952. The summed E-state index contributed by atoms with van der Waals surface area (Å²) in [7, 11) is -10.5. The number of ether oxygens (including phenoxy) is 12. The fourth-order valence-corrected chi connectivity index (χ4v) is 10.1. The van der Waals surface area contributed by atoms with Gasteiger partial charge < -0.3 is 163 Å². The van der Waals surface area contributed by atoms with E-state index in [0.29, 0.717) is 0 Å². The van der Waals surface area contributed by atoms with E-state index in [1.54, 1.807) is 0 Å². The highest BCUT2D eigenvalue weighted by Crippen LogP contribution is 2.40. The van der Waals surface area contributed by atoms with Crippen LogP contribution < -0.4 is 16.7 Å². The van der Waals surface area contributed by atoms with E-state index in [0.717, 1.165) is 0 Å². The molecule has 508 valence electrons. The number of aliphatic hydroxyl groups excluding tert-OH is 17. The van der Waals surface area contributed by atoms with Crippen molar-refractivity contribution in [2.75, 3.05) is 52.9 Å². The maximum Gasteiger partial charge on any atom is 0.469 e. The summed E-state index contributed by atoms with van der Waals surface area (Å²) in [6.07, 6.45) is -62.6. The summed E-state index contributed by atoms with van der Waals surface area (Å²) in [4.78, 5) is 64.9. The van der Waals surface area contributed by atoms with Gasteiger partial charge in [0.2, 0.25) is 5.91 Å². The van der Waals surface area contributed by atoms with Gasteiger partial charge in [-0.15, -0.1) is 0 Å². The van der Waals surface area contributed by atoms with Crippen molar-refractivity contribution < 1.29 is 196 Å². The van der Waals surface area contributed by atoms with E-state index in [-0.39, 0.29) is 12.8 Å². The SMILES string of the molecule is NOCC(=O)NNC(=O)CCCO[C@H]1OC(CO[C@H]2OC(CO[C@H]3OC(CO)[C@@H](O)[C@H](O)C3O[C@H]3OC(COP(=O)(O)O)[C@@H](O)[C@H](O)C3O)[C@@H](O)[C@H](O)C2O)[C@@H](O)[C@H](O[C@H]2OC(CO)[C@@H](O)[C@H](O)C2O[C@H]2OC(COP(=O)(O)O)[C@@H](O)[C@H](O)C2O)C1O. The van der Waals surface area contributed by atoms with Gasteiger partial charge >= 0.3 is 15.6 Å². The van der Waals surface area contributed by atoms with Crippen molar-refractivity contribution in [2.24, 2.45) is 5.90 Å². The molecule has 0 aliphatic carbocycles. The molecule has 6 aliphatic heterocycles. The maximum absolute atomic E-state index is 12.4. The summed E-state index contributed by atoms with van der Waals surface area (Å²) in [5, 5.41) is 184. The van der Waals surface area contributed by atoms with Gasteiger partial charge in [0.15, 0.2) is 37.7 Å². The molecule has 87 heavy (non-hydrogen) atoms.